The number of nitrogens with one attached hydrogen (secondary N) is 1. The molecule has 0 spiro atoms. The molecule has 0 radical (unpaired) electrons. The summed E-state index contributed by atoms with van der Waals surface area (Å²) in [4.78, 5) is 16.3. The zero-order valence-corrected chi connectivity index (χ0v) is 14.9. The van der Waals surface area contributed by atoms with Crippen molar-refractivity contribution < 1.29 is 13.9 Å². The van der Waals surface area contributed by atoms with Gasteiger partial charge in [0.25, 0.3) is 5.91 Å². The van der Waals surface area contributed by atoms with Gasteiger partial charge in [-0.25, -0.2) is 4.39 Å². The predicted molar refractivity (Wildman–Crippen MR) is 98.3 cm³/mol. The van der Waals surface area contributed by atoms with E-state index in [-0.39, 0.29) is 11.5 Å². The number of ether oxygens (including phenoxy) is 1. The van der Waals surface area contributed by atoms with Gasteiger partial charge < -0.3 is 10.1 Å². The van der Waals surface area contributed by atoms with E-state index in [0.29, 0.717) is 24.0 Å². The molecule has 3 aromatic rings. The molecule has 4 nitrogen and oxygen atoms in total. The third-order valence-corrected chi connectivity index (χ3v) is 4.04. The fraction of sp³-hybridized carbons (Fsp3) is 0.158. The molecule has 0 fully saturated rings. The van der Waals surface area contributed by atoms with Crippen molar-refractivity contribution in [3.05, 3.63) is 70.6 Å². The molecule has 1 heterocycles. The third-order valence-electron chi connectivity index (χ3n) is 3.58. The molecule has 0 atom stereocenters. The molecular formula is C19H16BrFN2O2. The molecule has 0 bridgehead atoms. The van der Waals surface area contributed by atoms with Crippen molar-refractivity contribution in [1.29, 1.82) is 0 Å². The van der Waals surface area contributed by atoms with E-state index >= 15 is 0 Å². The monoisotopic (exact) mass is 402 g/mol. The molecule has 3 rings (SSSR count). The number of amides is 1. The average molecular weight is 403 g/mol. The number of carbonyl (C=O) groups excluding carboxylic acids is 1. The average Bonchev–Trinajstić information content (AvgIpc) is 2.60. The maximum atomic E-state index is 13.3. The van der Waals surface area contributed by atoms with Crippen LogP contribution in [-0.2, 0) is 0 Å². The van der Waals surface area contributed by atoms with Crippen LogP contribution >= 0.6 is 15.9 Å². The van der Waals surface area contributed by atoms with Crippen LogP contribution in [0.5, 0.6) is 5.75 Å². The minimum absolute atomic E-state index is 0.283. The number of hydrogen-bond donors (Lipinski definition) is 1. The maximum absolute atomic E-state index is 13.3. The molecule has 0 saturated carbocycles. The number of pyridine rings is 1. The number of benzene rings is 2. The van der Waals surface area contributed by atoms with Crippen LogP contribution in [0.4, 0.5) is 4.39 Å². The highest BCUT2D eigenvalue weighted by atomic mass is 79.9. The van der Waals surface area contributed by atoms with E-state index in [0.717, 1.165) is 16.7 Å². The van der Waals surface area contributed by atoms with Gasteiger partial charge in [-0.2, -0.15) is 0 Å². The molecule has 0 aliphatic carbocycles. The first kappa shape index (κ1) is 17.4. The van der Waals surface area contributed by atoms with Crippen molar-refractivity contribution in [2.24, 2.45) is 0 Å². The number of fused-ring (bicyclic) bond motifs is 1. The number of hydrogen-bond acceptors (Lipinski definition) is 3. The summed E-state index contributed by atoms with van der Waals surface area (Å²) in [6.45, 7) is 0.883. The number of nitrogens with zero attached hydrogens (tertiary/aromatic N) is 1. The Labute approximate surface area is 153 Å². The van der Waals surface area contributed by atoms with E-state index in [4.69, 9.17) is 4.74 Å². The molecule has 2 aromatic carbocycles. The highest BCUT2D eigenvalue weighted by molar-refractivity contribution is 9.10. The summed E-state index contributed by atoms with van der Waals surface area (Å²) >= 11 is 3.17. The van der Waals surface area contributed by atoms with Crippen LogP contribution in [-0.4, -0.2) is 24.0 Å². The van der Waals surface area contributed by atoms with Crippen LogP contribution in [0.3, 0.4) is 0 Å². The topological polar surface area (TPSA) is 51.2 Å². The Morgan fingerprint density at radius 2 is 2.04 bits per heavy atom. The van der Waals surface area contributed by atoms with Crippen molar-refractivity contribution in [3.63, 3.8) is 0 Å². The summed E-state index contributed by atoms with van der Waals surface area (Å²) < 4.78 is 19.6. The molecule has 6 heteroatoms. The Kier molecular flexibility index (Phi) is 5.60. The SMILES string of the molecule is O=C(NCCCOc1cccc2cccnc12)c1cc(F)cc(Br)c1. The summed E-state index contributed by atoms with van der Waals surface area (Å²) in [5.74, 6) is -0.0446. The molecule has 25 heavy (non-hydrogen) atoms. The van der Waals surface area contributed by atoms with E-state index in [1.54, 1.807) is 12.3 Å². The normalized spacial score (nSPS) is 10.6. The minimum Gasteiger partial charge on any atom is -0.491 e. The summed E-state index contributed by atoms with van der Waals surface area (Å²) in [6, 6.07) is 13.7. The predicted octanol–water partition coefficient (Wildman–Crippen LogP) is 4.34. The van der Waals surface area contributed by atoms with E-state index < -0.39 is 5.82 Å². The molecule has 0 aliphatic rings. The third kappa shape index (κ3) is 4.54. The first-order valence-electron chi connectivity index (χ1n) is 7.84. The molecule has 128 valence electrons. The molecular weight excluding hydrogens is 387 g/mol. The van der Waals surface area contributed by atoms with Crippen LogP contribution in [0.25, 0.3) is 10.9 Å². The first-order valence-corrected chi connectivity index (χ1v) is 8.63. The number of carbonyl (C=O) groups is 1. The maximum Gasteiger partial charge on any atom is 0.251 e. The van der Waals surface area contributed by atoms with Gasteiger partial charge in [0, 0.05) is 28.2 Å². The van der Waals surface area contributed by atoms with Crippen molar-refractivity contribution >= 4 is 32.7 Å². The van der Waals surface area contributed by atoms with Gasteiger partial charge in [-0.1, -0.05) is 34.1 Å². The fourth-order valence-electron chi connectivity index (χ4n) is 2.44. The standard InChI is InChI=1S/C19H16BrFN2O2/c20-15-10-14(11-16(21)12-15)19(24)23-8-3-9-25-17-6-1-4-13-5-2-7-22-18(13)17/h1-2,4-7,10-12H,3,8-9H2,(H,23,24). The Morgan fingerprint density at radius 1 is 1.20 bits per heavy atom. The van der Waals surface area contributed by atoms with E-state index in [1.807, 2.05) is 30.3 Å². The van der Waals surface area contributed by atoms with Crippen molar-refractivity contribution in [1.82, 2.24) is 10.3 Å². The van der Waals surface area contributed by atoms with E-state index in [2.05, 4.69) is 26.2 Å². The smallest absolute Gasteiger partial charge is 0.251 e. The van der Waals surface area contributed by atoms with Crippen molar-refractivity contribution in [3.8, 4) is 5.75 Å². The first-order chi connectivity index (χ1) is 12.1. The second kappa shape index (κ2) is 8.07. The molecule has 0 aliphatic heterocycles. The van der Waals surface area contributed by atoms with Crippen LogP contribution in [0.2, 0.25) is 0 Å². The number of halogens is 2. The van der Waals surface area contributed by atoms with Crippen LogP contribution in [0, 0.1) is 5.82 Å². The van der Waals surface area contributed by atoms with E-state index in [1.165, 1.54) is 12.1 Å². The van der Waals surface area contributed by atoms with Crippen LogP contribution < -0.4 is 10.1 Å². The summed E-state index contributed by atoms with van der Waals surface area (Å²) in [7, 11) is 0. The summed E-state index contributed by atoms with van der Waals surface area (Å²) in [5, 5.41) is 3.77. The number of para-hydroxylation sites is 1. The van der Waals surface area contributed by atoms with E-state index in [9.17, 15) is 9.18 Å². The van der Waals surface area contributed by atoms with Gasteiger partial charge in [0.05, 0.1) is 6.61 Å². The quantitative estimate of drug-likeness (QED) is 0.624. The number of aromatic nitrogens is 1. The van der Waals surface area contributed by atoms with Crippen molar-refractivity contribution in [2.45, 2.75) is 6.42 Å². The second-order valence-electron chi connectivity index (χ2n) is 5.45. The number of rotatable bonds is 6. The second-order valence-corrected chi connectivity index (χ2v) is 6.36. The van der Waals surface area contributed by atoms with Gasteiger partial charge in [0.1, 0.15) is 17.1 Å². The Hall–Kier alpha value is -2.47. The highest BCUT2D eigenvalue weighted by Crippen LogP contribution is 2.22. The molecule has 0 saturated heterocycles. The lowest BCUT2D eigenvalue weighted by Gasteiger charge is -2.09. The highest BCUT2D eigenvalue weighted by Gasteiger charge is 2.08. The zero-order valence-electron chi connectivity index (χ0n) is 13.3. The lowest BCUT2D eigenvalue weighted by molar-refractivity contribution is 0.0951. The van der Waals surface area contributed by atoms with Gasteiger partial charge in [0.15, 0.2) is 0 Å². The van der Waals surface area contributed by atoms with Gasteiger partial charge in [0.2, 0.25) is 0 Å². The lowest BCUT2D eigenvalue weighted by atomic mass is 10.2. The van der Waals surface area contributed by atoms with Gasteiger partial charge in [-0.15, -0.1) is 0 Å². The Bertz CT molecular complexity index is 876. The Balaban J connectivity index is 1.49. The van der Waals surface area contributed by atoms with Crippen LogP contribution in [0.1, 0.15) is 16.8 Å². The molecule has 1 aromatic heterocycles. The molecule has 1 N–H and O–H groups in total. The van der Waals surface area contributed by atoms with Gasteiger partial charge in [-0.05, 0) is 36.8 Å². The molecule has 0 unspecified atom stereocenters. The van der Waals surface area contributed by atoms with Crippen molar-refractivity contribution in [2.75, 3.05) is 13.2 Å². The van der Waals surface area contributed by atoms with Crippen LogP contribution in [0.15, 0.2) is 59.2 Å². The minimum atomic E-state index is -0.452. The lowest BCUT2D eigenvalue weighted by Crippen LogP contribution is -2.25. The summed E-state index contributed by atoms with van der Waals surface area (Å²) in [5.41, 5.74) is 1.10. The zero-order chi connectivity index (χ0) is 17.6. The van der Waals surface area contributed by atoms with Gasteiger partial charge in [-0.3, -0.25) is 9.78 Å². The summed E-state index contributed by atoms with van der Waals surface area (Å²) in [6.07, 6.45) is 2.36. The Morgan fingerprint density at radius 3 is 2.88 bits per heavy atom. The fourth-order valence-corrected chi connectivity index (χ4v) is 2.90. The largest absolute Gasteiger partial charge is 0.491 e. The molecule has 1 amide bonds. The van der Waals surface area contributed by atoms with Gasteiger partial charge >= 0.3 is 0 Å².